The molecule has 0 fully saturated rings. The van der Waals surface area contributed by atoms with Crippen LogP contribution < -0.4 is 10.1 Å². The molecule has 0 aromatic carbocycles. The van der Waals surface area contributed by atoms with E-state index in [4.69, 9.17) is 9.15 Å². The summed E-state index contributed by atoms with van der Waals surface area (Å²) in [6.07, 6.45) is 1.78. The summed E-state index contributed by atoms with van der Waals surface area (Å²) >= 11 is 0. The molecule has 0 amide bonds. The molecular formula is C11H16N4O2. The lowest BCUT2D eigenvalue weighted by atomic mass is 10.4. The maximum atomic E-state index is 5.34. The molecule has 0 saturated carbocycles. The van der Waals surface area contributed by atoms with Crippen molar-refractivity contribution in [3.8, 4) is 12.0 Å². The van der Waals surface area contributed by atoms with Crippen molar-refractivity contribution in [2.24, 2.45) is 0 Å². The lowest BCUT2D eigenvalue weighted by Crippen LogP contribution is -2.21. The maximum absolute atomic E-state index is 5.34. The fraction of sp³-hybridized carbons (Fsp3) is 0.455. The van der Waals surface area contributed by atoms with Gasteiger partial charge in [-0.3, -0.25) is 5.10 Å². The highest BCUT2D eigenvalue weighted by Crippen LogP contribution is 2.18. The van der Waals surface area contributed by atoms with Gasteiger partial charge >= 0.3 is 6.08 Å². The fourth-order valence-electron chi connectivity index (χ4n) is 1.26. The summed E-state index contributed by atoms with van der Waals surface area (Å²) in [4.78, 5) is 4.18. The largest absolute Gasteiger partial charge is 0.417 e. The molecule has 17 heavy (non-hydrogen) atoms. The zero-order valence-corrected chi connectivity index (χ0v) is 10.2. The van der Waals surface area contributed by atoms with Crippen LogP contribution in [0.1, 0.15) is 25.2 Å². The van der Waals surface area contributed by atoms with Gasteiger partial charge in [-0.15, -0.1) is 5.10 Å². The average Bonchev–Trinajstić information content (AvgIpc) is 2.86. The van der Waals surface area contributed by atoms with E-state index < -0.39 is 0 Å². The van der Waals surface area contributed by atoms with Crippen molar-refractivity contribution in [3.05, 3.63) is 23.7 Å². The van der Waals surface area contributed by atoms with Crippen LogP contribution in [0.5, 0.6) is 12.0 Å². The second-order valence-electron chi connectivity index (χ2n) is 4.13. The number of aryl methyl sites for hydroxylation is 1. The van der Waals surface area contributed by atoms with Crippen LogP contribution in [0.25, 0.3) is 0 Å². The molecule has 0 aliphatic carbocycles. The van der Waals surface area contributed by atoms with Gasteiger partial charge < -0.3 is 14.5 Å². The number of hydrogen-bond donors (Lipinski definition) is 2. The number of nitrogens with one attached hydrogen (secondary N) is 2. The van der Waals surface area contributed by atoms with Crippen molar-refractivity contribution < 1.29 is 9.15 Å². The highest BCUT2D eigenvalue weighted by Gasteiger charge is 2.08. The third-order valence-electron chi connectivity index (χ3n) is 2.10. The highest BCUT2D eigenvalue weighted by molar-refractivity contribution is 5.16. The number of ether oxygens (including phenoxy) is 1. The molecular weight excluding hydrogens is 220 g/mol. The summed E-state index contributed by atoms with van der Waals surface area (Å²) in [7, 11) is 0. The van der Waals surface area contributed by atoms with Crippen LogP contribution in [0.4, 0.5) is 0 Å². The molecule has 2 heterocycles. The van der Waals surface area contributed by atoms with Gasteiger partial charge in [-0.25, -0.2) is 0 Å². The topological polar surface area (TPSA) is 76.0 Å². The van der Waals surface area contributed by atoms with Crippen LogP contribution in [0.15, 0.2) is 16.7 Å². The van der Waals surface area contributed by atoms with E-state index >= 15 is 0 Å². The van der Waals surface area contributed by atoms with Crippen molar-refractivity contribution in [1.82, 2.24) is 20.5 Å². The van der Waals surface area contributed by atoms with Crippen LogP contribution >= 0.6 is 0 Å². The van der Waals surface area contributed by atoms with Gasteiger partial charge in [-0.1, -0.05) is 13.8 Å². The molecule has 0 aliphatic rings. The van der Waals surface area contributed by atoms with E-state index in [1.54, 1.807) is 12.3 Å². The van der Waals surface area contributed by atoms with E-state index in [1.807, 2.05) is 6.92 Å². The van der Waals surface area contributed by atoms with Crippen LogP contribution in [0, 0.1) is 6.92 Å². The highest BCUT2D eigenvalue weighted by atomic mass is 16.6. The van der Waals surface area contributed by atoms with E-state index in [2.05, 4.69) is 34.3 Å². The van der Waals surface area contributed by atoms with E-state index in [0.29, 0.717) is 18.5 Å². The zero-order valence-electron chi connectivity index (χ0n) is 10.2. The SMILES string of the molecule is Cc1cc(Oc2nc(CNC(C)C)co2)n[nH]1. The molecule has 0 spiro atoms. The molecule has 0 aliphatic heterocycles. The lowest BCUT2D eigenvalue weighted by molar-refractivity contribution is 0.321. The van der Waals surface area contributed by atoms with Crippen molar-refractivity contribution in [3.63, 3.8) is 0 Å². The summed E-state index contributed by atoms with van der Waals surface area (Å²) < 4.78 is 10.5. The molecule has 0 bridgehead atoms. The zero-order chi connectivity index (χ0) is 12.3. The summed E-state index contributed by atoms with van der Waals surface area (Å²) in [6.45, 7) is 6.70. The number of hydrogen-bond acceptors (Lipinski definition) is 5. The van der Waals surface area contributed by atoms with Gasteiger partial charge in [0.25, 0.3) is 0 Å². The molecule has 92 valence electrons. The Hall–Kier alpha value is -1.82. The molecule has 0 atom stereocenters. The van der Waals surface area contributed by atoms with Gasteiger partial charge in [0.15, 0.2) is 0 Å². The maximum Gasteiger partial charge on any atom is 0.400 e. The van der Waals surface area contributed by atoms with Gasteiger partial charge in [0.1, 0.15) is 6.26 Å². The minimum atomic E-state index is 0.206. The molecule has 6 nitrogen and oxygen atoms in total. The van der Waals surface area contributed by atoms with E-state index in [-0.39, 0.29) is 6.08 Å². The predicted molar refractivity (Wildman–Crippen MR) is 61.9 cm³/mol. The number of aromatic nitrogens is 3. The van der Waals surface area contributed by atoms with Gasteiger partial charge in [-0.05, 0) is 6.92 Å². The van der Waals surface area contributed by atoms with Crippen molar-refractivity contribution in [2.75, 3.05) is 0 Å². The number of rotatable bonds is 5. The van der Waals surface area contributed by atoms with Crippen LogP contribution in [0.2, 0.25) is 0 Å². The van der Waals surface area contributed by atoms with Crippen molar-refractivity contribution in [2.45, 2.75) is 33.4 Å². The molecule has 0 radical (unpaired) electrons. The third kappa shape index (κ3) is 3.32. The van der Waals surface area contributed by atoms with Crippen LogP contribution in [-0.2, 0) is 6.54 Å². The first-order chi connectivity index (χ1) is 8.13. The number of oxazole rings is 1. The molecule has 0 saturated heterocycles. The van der Waals surface area contributed by atoms with Crippen LogP contribution in [-0.4, -0.2) is 21.2 Å². The fourth-order valence-corrected chi connectivity index (χ4v) is 1.26. The summed E-state index contributed by atoms with van der Waals surface area (Å²) in [5, 5.41) is 9.95. The third-order valence-corrected chi connectivity index (χ3v) is 2.10. The number of nitrogens with zero attached hydrogens (tertiary/aromatic N) is 2. The Morgan fingerprint density at radius 3 is 3.00 bits per heavy atom. The minimum Gasteiger partial charge on any atom is -0.417 e. The Morgan fingerprint density at radius 1 is 1.53 bits per heavy atom. The molecule has 0 unspecified atom stereocenters. The Morgan fingerprint density at radius 2 is 2.35 bits per heavy atom. The van der Waals surface area contributed by atoms with Gasteiger partial charge in [0.2, 0.25) is 5.88 Å². The van der Waals surface area contributed by atoms with Crippen molar-refractivity contribution >= 4 is 0 Å². The standard InChI is InChI=1S/C11H16N4O2/c1-7(2)12-5-9-6-16-11(13-9)17-10-4-8(3)14-15-10/h4,6-7,12H,5H2,1-3H3,(H,14,15). The Labute approximate surface area is 99.4 Å². The normalized spacial score (nSPS) is 11.1. The van der Waals surface area contributed by atoms with E-state index in [0.717, 1.165) is 11.4 Å². The molecule has 6 heteroatoms. The first-order valence-corrected chi connectivity index (χ1v) is 5.51. The summed E-state index contributed by atoms with van der Waals surface area (Å²) in [5.74, 6) is 0.452. The predicted octanol–water partition coefficient (Wildman–Crippen LogP) is 2.00. The molecule has 2 aromatic rings. The van der Waals surface area contributed by atoms with E-state index in [9.17, 15) is 0 Å². The molecule has 2 N–H and O–H groups in total. The lowest BCUT2D eigenvalue weighted by Gasteiger charge is -2.03. The summed E-state index contributed by atoms with van der Waals surface area (Å²) in [5.41, 5.74) is 1.73. The van der Waals surface area contributed by atoms with Crippen molar-refractivity contribution in [1.29, 1.82) is 0 Å². The van der Waals surface area contributed by atoms with Gasteiger partial charge in [-0.2, -0.15) is 4.98 Å². The first kappa shape index (κ1) is 11.7. The molecule has 2 aromatic heterocycles. The minimum absolute atomic E-state index is 0.206. The quantitative estimate of drug-likeness (QED) is 0.830. The van der Waals surface area contributed by atoms with Crippen LogP contribution in [0.3, 0.4) is 0 Å². The van der Waals surface area contributed by atoms with Gasteiger partial charge in [0.05, 0.1) is 5.69 Å². The number of aromatic amines is 1. The Bertz CT molecular complexity index is 475. The number of H-pyrrole nitrogens is 1. The first-order valence-electron chi connectivity index (χ1n) is 5.51. The smallest absolute Gasteiger partial charge is 0.400 e. The second kappa shape index (κ2) is 5.01. The summed E-state index contributed by atoms with van der Waals surface area (Å²) in [6, 6.07) is 2.18. The Kier molecular flexibility index (Phi) is 3.43. The average molecular weight is 236 g/mol. The monoisotopic (exact) mass is 236 g/mol. The van der Waals surface area contributed by atoms with Gasteiger partial charge in [0, 0.05) is 24.3 Å². The molecule has 2 rings (SSSR count). The van der Waals surface area contributed by atoms with E-state index in [1.165, 1.54) is 0 Å². The second-order valence-corrected chi connectivity index (χ2v) is 4.13. The Balaban J connectivity index is 1.94.